The van der Waals surface area contributed by atoms with Crippen LogP contribution in [0.3, 0.4) is 0 Å². The van der Waals surface area contributed by atoms with E-state index in [0.717, 1.165) is 0 Å². The van der Waals surface area contributed by atoms with E-state index in [9.17, 15) is 10.1 Å². The van der Waals surface area contributed by atoms with Gasteiger partial charge in [0.05, 0.1) is 10.6 Å². The van der Waals surface area contributed by atoms with Crippen LogP contribution in [0.1, 0.15) is 5.56 Å². The van der Waals surface area contributed by atoms with E-state index in [1.54, 1.807) is 30.5 Å². The van der Waals surface area contributed by atoms with Gasteiger partial charge < -0.3 is 5.11 Å². The minimum Gasteiger partial charge on any atom is -0.508 e. The summed E-state index contributed by atoms with van der Waals surface area (Å²) in [6, 6.07) is 12.6. The highest BCUT2D eigenvalue weighted by atomic mass is 16.6. The number of nitro groups is 1. The van der Waals surface area contributed by atoms with Crippen LogP contribution >= 0.6 is 0 Å². The van der Waals surface area contributed by atoms with Crippen LogP contribution in [0.15, 0.2) is 53.5 Å². The Morgan fingerprint density at radius 2 is 1.89 bits per heavy atom. The molecule has 0 aromatic heterocycles. The highest BCUT2D eigenvalue weighted by Gasteiger charge is 2.03. The third-order valence-corrected chi connectivity index (χ3v) is 2.29. The number of hydrogen-bond donors (Lipinski definition) is 1. The largest absolute Gasteiger partial charge is 0.508 e. The van der Waals surface area contributed by atoms with Crippen molar-refractivity contribution in [3.05, 3.63) is 64.2 Å². The highest BCUT2D eigenvalue weighted by Crippen LogP contribution is 2.17. The average Bonchev–Trinajstić information content (AvgIpc) is 2.38. The predicted molar refractivity (Wildman–Crippen MR) is 68.5 cm³/mol. The molecule has 18 heavy (non-hydrogen) atoms. The second kappa shape index (κ2) is 5.09. The second-order valence-electron chi connectivity index (χ2n) is 3.63. The minimum atomic E-state index is -0.447. The molecule has 2 aromatic carbocycles. The summed E-state index contributed by atoms with van der Waals surface area (Å²) in [4.78, 5) is 14.3. The van der Waals surface area contributed by atoms with E-state index in [1.165, 1.54) is 24.3 Å². The maximum Gasteiger partial charge on any atom is 0.270 e. The van der Waals surface area contributed by atoms with Crippen molar-refractivity contribution < 1.29 is 10.0 Å². The molecular formula is C13H10N2O3. The number of hydrogen-bond acceptors (Lipinski definition) is 4. The van der Waals surface area contributed by atoms with Gasteiger partial charge in [0, 0.05) is 18.3 Å². The zero-order chi connectivity index (χ0) is 13.0. The summed E-state index contributed by atoms with van der Waals surface area (Å²) >= 11 is 0. The normalized spacial score (nSPS) is 10.7. The Morgan fingerprint density at radius 3 is 2.56 bits per heavy atom. The lowest BCUT2D eigenvalue weighted by molar-refractivity contribution is -0.384. The van der Waals surface area contributed by atoms with Crippen molar-refractivity contribution in [2.75, 3.05) is 0 Å². The van der Waals surface area contributed by atoms with E-state index in [0.29, 0.717) is 11.3 Å². The van der Waals surface area contributed by atoms with Crippen LogP contribution in [0.4, 0.5) is 11.4 Å². The number of rotatable bonds is 3. The lowest BCUT2D eigenvalue weighted by Crippen LogP contribution is -1.89. The van der Waals surface area contributed by atoms with Gasteiger partial charge in [0.25, 0.3) is 5.69 Å². The Bertz CT molecular complexity index is 591. The molecule has 1 N–H and O–H groups in total. The molecule has 0 radical (unpaired) electrons. The van der Waals surface area contributed by atoms with Crippen LogP contribution < -0.4 is 0 Å². The van der Waals surface area contributed by atoms with Gasteiger partial charge in [-0.05, 0) is 29.8 Å². The van der Waals surface area contributed by atoms with Gasteiger partial charge >= 0.3 is 0 Å². The van der Waals surface area contributed by atoms with Gasteiger partial charge in [-0.2, -0.15) is 0 Å². The van der Waals surface area contributed by atoms with E-state index in [4.69, 9.17) is 5.11 Å². The maximum absolute atomic E-state index is 10.6. The average molecular weight is 242 g/mol. The maximum atomic E-state index is 10.6. The van der Waals surface area contributed by atoms with Gasteiger partial charge in [-0.15, -0.1) is 0 Å². The summed E-state index contributed by atoms with van der Waals surface area (Å²) in [6.07, 6.45) is 1.54. The first-order chi connectivity index (χ1) is 8.65. The van der Waals surface area contributed by atoms with Crippen LogP contribution in [0.5, 0.6) is 5.75 Å². The van der Waals surface area contributed by atoms with Gasteiger partial charge in [-0.3, -0.25) is 15.1 Å². The number of aliphatic imine (C=N–C) groups is 1. The van der Waals surface area contributed by atoms with Crippen molar-refractivity contribution in [2.45, 2.75) is 0 Å². The molecule has 0 unspecified atom stereocenters. The molecule has 0 saturated heterocycles. The molecule has 0 atom stereocenters. The molecule has 0 aliphatic heterocycles. The molecule has 0 fully saturated rings. The fraction of sp³-hybridized carbons (Fsp3) is 0. The molecule has 0 heterocycles. The van der Waals surface area contributed by atoms with Crippen molar-refractivity contribution in [3.63, 3.8) is 0 Å². The summed E-state index contributed by atoms with van der Waals surface area (Å²) in [5.41, 5.74) is 1.35. The molecule has 0 aliphatic carbocycles. The number of phenols is 1. The standard InChI is InChI=1S/C13H10N2O3/c16-13-6-4-11(5-7-13)14-9-10-2-1-3-12(8-10)15(17)18/h1-9,16H. The molecular weight excluding hydrogens is 232 g/mol. The molecule has 0 spiro atoms. The first-order valence-electron chi connectivity index (χ1n) is 5.23. The monoisotopic (exact) mass is 242 g/mol. The fourth-order valence-electron chi connectivity index (χ4n) is 1.41. The van der Waals surface area contributed by atoms with Crippen molar-refractivity contribution >= 4 is 17.6 Å². The number of nitrogens with zero attached hydrogens (tertiary/aromatic N) is 2. The quantitative estimate of drug-likeness (QED) is 0.510. The third kappa shape index (κ3) is 2.91. The van der Waals surface area contributed by atoms with E-state index in [1.807, 2.05) is 0 Å². The van der Waals surface area contributed by atoms with Crippen LogP contribution in [0.2, 0.25) is 0 Å². The Morgan fingerprint density at radius 1 is 1.17 bits per heavy atom. The molecule has 0 aliphatic rings. The van der Waals surface area contributed by atoms with Gasteiger partial charge in [0.1, 0.15) is 5.75 Å². The Labute approximate surface area is 103 Å². The van der Waals surface area contributed by atoms with Crippen LogP contribution in [-0.4, -0.2) is 16.2 Å². The van der Waals surface area contributed by atoms with Crippen molar-refractivity contribution in [2.24, 2.45) is 4.99 Å². The Kier molecular flexibility index (Phi) is 3.33. The summed E-state index contributed by atoms with van der Waals surface area (Å²) in [5.74, 6) is 0.171. The SMILES string of the molecule is O=[N+]([O-])c1cccc(C=Nc2ccc(O)cc2)c1. The van der Waals surface area contributed by atoms with Crippen LogP contribution in [-0.2, 0) is 0 Å². The minimum absolute atomic E-state index is 0.0321. The van der Waals surface area contributed by atoms with Gasteiger partial charge in [-0.1, -0.05) is 12.1 Å². The molecule has 0 bridgehead atoms. The van der Waals surface area contributed by atoms with E-state index in [-0.39, 0.29) is 11.4 Å². The topological polar surface area (TPSA) is 75.7 Å². The van der Waals surface area contributed by atoms with E-state index < -0.39 is 4.92 Å². The molecule has 5 heteroatoms. The Balaban J connectivity index is 2.20. The molecule has 0 amide bonds. The van der Waals surface area contributed by atoms with Gasteiger partial charge in [-0.25, -0.2) is 0 Å². The molecule has 0 saturated carbocycles. The predicted octanol–water partition coefficient (Wildman–Crippen LogP) is 3.05. The third-order valence-electron chi connectivity index (χ3n) is 2.29. The number of benzene rings is 2. The second-order valence-corrected chi connectivity index (χ2v) is 3.63. The molecule has 90 valence electrons. The molecule has 5 nitrogen and oxygen atoms in total. The van der Waals surface area contributed by atoms with Crippen LogP contribution in [0, 0.1) is 10.1 Å². The van der Waals surface area contributed by atoms with E-state index in [2.05, 4.69) is 4.99 Å². The Hall–Kier alpha value is -2.69. The summed E-state index contributed by atoms with van der Waals surface area (Å²) in [5, 5.41) is 19.7. The summed E-state index contributed by atoms with van der Waals surface area (Å²) in [6.45, 7) is 0. The zero-order valence-corrected chi connectivity index (χ0v) is 9.35. The highest BCUT2D eigenvalue weighted by molar-refractivity contribution is 5.82. The number of phenolic OH excluding ortho intramolecular Hbond substituents is 1. The first-order valence-corrected chi connectivity index (χ1v) is 5.23. The number of non-ortho nitro benzene ring substituents is 1. The molecule has 2 aromatic rings. The van der Waals surface area contributed by atoms with Crippen molar-refractivity contribution in [1.82, 2.24) is 0 Å². The summed E-state index contributed by atoms with van der Waals surface area (Å²) < 4.78 is 0. The smallest absolute Gasteiger partial charge is 0.270 e. The lowest BCUT2D eigenvalue weighted by Gasteiger charge is -1.95. The lowest BCUT2D eigenvalue weighted by atomic mass is 10.2. The van der Waals surface area contributed by atoms with Crippen LogP contribution in [0.25, 0.3) is 0 Å². The first kappa shape index (κ1) is 11.8. The van der Waals surface area contributed by atoms with Crippen molar-refractivity contribution in [1.29, 1.82) is 0 Å². The van der Waals surface area contributed by atoms with Gasteiger partial charge in [0.2, 0.25) is 0 Å². The van der Waals surface area contributed by atoms with Gasteiger partial charge in [0.15, 0.2) is 0 Å². The van der Waals surface area contributed by atoms with E-state index >= 15 is 0 Å². The van der Waals surface area contributed by atoms with Crippen molar-refractivity contribution in [3.8, 4) is 5.75 Å². The summed E-state index contributed by atoms with van der Waals surface area (Å²) in [7, 11) is 0. The molecule has 2 rings (SSSR count). The number of aromatic hydroxyl groups is 1. The zero-order valence-electron chi connectivity index (χ0n) is 9.35. The number of nitro benzene ring substituents is 1. The fourth-order valence-corrected chi connectivity index (χ4v) is 1.41.